The first-order valence-electron chi connectivity index (χ1n) is 7.13. The molecule has 0 bridgehead atoms. The van der Waals surface area contributed by atoms with E-state index in [-0.39, 0.29) is 4.90 Å². The monoisotopic (exact) mass is 330 g/mol. The van der Waals surface area contributed by atoms with Crippen LogP contribution in [0.2, 0.25) is 5.02 Å². The Labute approximate surface area is 130 Å². The van der Waals surface area contributed by atoms with Crippen molar-refractivity contribution in [2.75, 3.05) is 39.3 Å². The smallest absolute Gasteiger partial charge is 0.244 e. The van der Waals surface area contributed by atoms with Gasteiger partial charge in [0.1, 0.15) is 4.90 Å². The molecule has 1 N–H and O–H groups in total. The first kappa shape index (κ1) is 15.2. The Bertz CT molecular complexity index is 604. The predicted octanol–water partition coefficient (Wildman–Crippen LogP) is 0.403. The molecule has 2 fully saturated rings. The number of sulfonamides is 1. The summed E-state index contributed by atoms with van der Waals surface area (Å²) in [5.74, 6) is 0. The topological polar surface area (TPSA) is 65.5 Å². The fraction of sp³-hybridized carbons (Fsp3) is 0.615. The average molecular weight is 331 g/mol. The van der Waals surface area contributed by atoms with Crippen molar-refractivity contribution in [3.05, 3.63) is 23.5 Å². The van der Waals surface area contributed by atoms with Gasteiger partial charge in [0.25, 0.3) is 0 Å². The van der Waals surface area contributed by atoms with Crippen LogP contribution in [0.25, 0.3) is 0 Å². The van der Waals surface area contributed by atoms with Gasteiger partial charge in [-0.05, 0) is 12.5 Å². The van der Waals surface area contributed by atoms with Crippen LogP contribution in [0.1, 0.15) is 6.42 Å². The highest BCUT2D eigenvalue weighted by molar-refractivity contribution is 7.89. The summed E-state index contributed by atoms with van der Waals surface area (Å²) in [5, 5.41) is 3.66. The third-order valence-electron chi connectivity index (χ3n) is 4.11. The minimum atomic E-state index is -3.49. The molecule has 3 rings (SSSR count). The van der Waals surface area contributed by atoms with Gasteiger partial charge in [-0.2, -0.15) is 4.31 Å². The molecule has 21 heavy (non-hydrogen) atoms. The van der Waals surface area contributed by atoms with Gasteiger partial charge < -0.3 is 5.32 Å². The molecule has 8 heteroatoms. The zero-order valence-corrected chi connectivity index (χ0v) is 13.3. The fourth-order valence-corrected chi connectivity index (χ4v) is 4.68. The number of halogens is 1. The van der Waals surface area contributed by atoms with E-state index in [1.807, 2.05) is 0 Å². The van der Waals surface area contributed by atoms with Crippen LogP contribution < -0.4 is 5.32 Å². The van der Waals surface area contributed by atoms with E-state index in [0.29, 0.717) is 24.2 Å². The van der Waals surface area contributed by atoms with Gasteiger partial charge in [0.2, 0.25) is 10.0 Å². The molecule has 2 aliphatic heterocycles. The highest BCUT2D eigenvalue weighted by Gasteiger charge is 2.35. The molecular weight excluding hydrogens is 312 g/mol. The summed E-state index contributed by atoms with van der Waals surface area (Å²) in [6.45, 7) is 5.02. The van der Waals surface area contributed by atoms with Crippen molar-refractivity contribution in [2.45, 2.75) is 17.4 Å². The highest BCUT2D eigenvalue weighted by Crippen LogP contribution is 2.24. The molecule has 0 radical (unpaired) electrons. The Hall–Kier alpha value is -0.730. The lowest BCUT2D eigenvalue weighted by atomic mass is 10.2. The molecule has 0 spiro atoms. The number of piperazine rings is 1. The number of nitrogens with one attached hydrogen (secondary N) is 1. The number of rotatable bonds is 3. The first-order valence-corrected chi connectivity index (χ1v) is 8.94. The van der Waals surface area contributed by atoms with Crippen LogP contribution in [0.5, 0.6) is 0 Å². The first-order chi connectivity index (χ1) is 10.1. The molecule has 2 saturated heterocycles. The molecular formula is C13H19ClN4O2S. The number of hydrogen-bond acceptors (Lipinski definition) is 5. The van der Waals surface area contributed by atoms with E-state index in [0.717, 1.165) is 32.6 Å². The summed E-state index contributed by atoms with van der Waals surface area (Å²) in [7, 11) is -3.49. The SMILES string of the molecule is O=S(=O)(c1cncc(Cl)c1)N1CCC(N2CCNCC2)C1. The van der Waals surface area contributed by atoms with Gasteiger partial charge in [-0.15, -0.1) is 0 Å². The normalized spacial score (nSPS) is 25.3. The maximum atomic E-state index is 12.6. The van der Waals surface area contributed by atoms with Crippen molar-refractivity contribution in [3.63, 3.8) is 0 Å². The van der Waals surface area contributed by atoms with E-state index >= 15 is 0 Å². The number of pyridine rings is 1. The third kappa shape index (κ3) is 3.22. The van der Waals surface area contributed by atoms with Crippen molar-refractivity contribution >= 4 is 21.6 Å². The van der Waals surface area contributed by atoms with Gasteiger partial charge in [-0.25, -0.2) is 8.42 Å². The van der Waals surface area contributed by atoms with E-state index in [1.165, 1.54) is 18.5 Å². The molecule has 116 valence electrons. The second-order valence-electron chi connectivity index (χ2n) is 5.43. The van der Waals surface area contributed by atoms with Crippen molar-refractivity contribution < 1.29 is 8.42 Å². The predicted molar refractivity (Wildman–Crippen MR) is 80.9 cm³/mol. The summed E-state index contributed by atoms with van der Waals surface area (Å²) in [6.07, 6.45) is 3.68. The van der Waals surface area contributed by atoms with Crippen LogP contribution in [-0.4, -0.2) is 67.9 Å². The van der Waals surface area contributed by atoms with E-state index < -0.39 is 10.0 Å². The van der Waals surface area contributed by atoms with Gasteiger partial charge >= 0.3 is 0 Å². The van der Waals surface area contributed by atoms with Crippen molar-refractivity contribution in [2.24, 2.45) is 0 Å². The lowest BCUT2D eigenvalue weighted by Crippen LogP contribution is -2.49. The van der Waals surface area contributed by atoms with Crippen LogP contribution >= 0.6 is 11.6 Å². The molecule has 0 aromatic carbocycles. The van der Waals surface area contributed by atoms with Gasteiger partial charge in [0.15, 0.2) is 0 Å². The van der Waals surface area contributed by atoms with Crippen LogP contribution in [0.15, 0.2) is 23.4 Å². The van der Waals surface area contributed by atoms with Crippen molar-refractivity contribution in [3.8, 4) is 0 Å². The van der Waals surface area contributed by atoms with Crippen LogP contribution in [0.3, 0.4) is 0 Å². The Morgan fingerprint density at radius 3 is 2.71 bits per heavy atom. The van der Waals surface area contributed by atoms with E-state index in [9.17, 15) is 8.42 Å². The maximum absolute atomic E-state index is 12.6. The van der Waals surface area contributed by atoms with E-state index in [2.05, 4.69) is 15.2 Å². The Morgan fingerprint density at radius 2 is 2.00 bits per heavy atom. The average Bonchev–Trinajstić information content (AvgIpc) is 2.99. The molecule has 1 aromatic heterocycles. The van der Waals surface area contributed by atoms with Crippen LogP contribution in [0, 0.1) is 0 Å². The molecule has 6 nitrogen and oxygen atoms in total. The van der Waals surface area contributed by atoms with Gasteiger partial charge in [0, 0.05) is 57.7 Å². The third-order valence-corrected chi connectivity index (χ3v) is 6.15. The fourth-order valence-electron chi connectivity index (χ4n) is 2.96. The van der Waals surface area contributed by atoms with E-state index in [1.54, 1.807) is 4.31 Å². The molecule has 1 aromatic rings. The van der Waals surface area contributed by atoms with Crippen molar-refractivity contribution in [1.29, 1.82) is 0 Å². The Morgan fingerprint density at radius 1 is 1.24 bits per heavy atom. The molecule has 0 aliphatic carbocycles. The molecule has 2 aliphatic rings. The minimum Gasteiger partial charge on any atom is -0.314 e. The van der Waals surface area contributed by atoms with Crippen LogP contribution in [0.4, 0.5) is 0 Å². The second-order valence-corrected chi connectivity index (χ2v) is 7.80. The zero-order chi connectivity index (χ0) is 14.9. The Kier molecular flexibility index (Phi) is 4.46. The minimum absolute atomic E-state index is 0.177. The second kappa shape index (κ2) is 6.18. The highest BCUT2D eigenvalue weighted by atomic mass is 35.5. The zero-order valence-electron chi connectivity index (χ0n) is 11.7. The molecule has 0 amide bonds. The quantitative estimate of drug-likeness (QED) is 0.869. The number of nitrogens with zero attached hydrogens (tertiary/aromatic N) is 3. The number of hydrogen-bond donors (Lipinski definition) is 1. The molecule has 1 atom stereocenters. The van der Waals surface area contributed by atoms with Gasteiger partial charge in [-0.3, -0.25) is 9.88 Å². The lowest BCUT2D eigenvalue weighted by molar-refractivity contribution is 0.179. The molecule has 3 heterocycles. The summed E-state index contributed by atoms with van der Waals surface area (Å²) < 4.78 is 26.8. The summed E-state index contributed by atoms with van der Waals surface area (Å²) >= 11 is 5.85. The van der Waals surface area contributed by atoms with E-state index in [4.69, 9.17) is 11.6 Å². The van der Waals surface area contributed by atoms with Gasteiger partial charge in [-0.1, -0.05) is 11.6 Å². The lowest BCUT2D eigenvalue weighted by Gasteiger charge is -2.32. The number of aromatic nitrogens is 1. The maximum Gasteiger partial charge on any atom is 0.244 e. The Balaban J connectivity index is 1.72. The summed E-state index contributed by atoms with van der Waals surface area (Å²) in [5.41, 5.74) is 0. The molecule has 1 unspecified atom stereocenters. The largest absolute Gasteiger partial charge is 0.314 e. The van der Waals surface area contributed by atoms with Crippen molar-refractivity contribution in [1.82, 2.24) is 19.5 Å². The summed E-state index contributed by atoms with van der Waals surface area (Å²) in [4.78, 5) is 6.43. The van der Waals surface area contributed by atoms with Crippen LogP contribution in [-0.2, 0) is 10.0 Å². The summed E-state index contributed by atoms with van der Waals surface area (Å²) in [6, 6.07) is 1.77. The molecule has 0 saturated carbocycles. The van der Waals surface area contributed by atoms with Gasteiger partial charge in [0.05, 0.1) is 5.02 Å². The standard InChI is InChI=1S/C13H19ClN4O2S/c14-11-7-13(9-16-8-11)21(19,20)18-4-1-12(10-18)17-5-2-15-3-6-17/h7-9,12,15H,1-6,10H2.